The molecular weight excluding hydrogens is 362 g/mol. The van der Waals surface area contributed by atoms with E-state index < -0.39 is 0 Å². The van der Waals surface area contributed by atoms with Gasteiger partial charge in [0.1, 0.15) is 12.4 Å². The molecule has 1 amide bonds. The molecule has 0 saturated carbocycles. The van der Waals surface area contributed by atoms with Crippen molar-refractivity contribution in [2.75, 3.05) is 13.1 Å². The summed E-state index contributed by atoms with van der Waals surface area (Å²) in [6.45, 7) is 2.84. The second kappa shape index (κ2) is 8.49. The minimum Gasteiger partial charge on any atom is -0.384 e. The molecule has 0 bridgehead atoms. The smallest absolute Gasteiger partial charge is 0.243 e. The number of carbonyl (C=O) groups is 1. The van der Waals surface area contributed by atoms with Gasteiger partial charge in [0, 0.05) is 35.2 Å². The topological polar surface area (TPSA) is 87.1 Å². The van der Waals surface area contributed by atoms with Gasteiger partial charge >= 0.3 is 0 Å². The molecule has 150 valence electrons. The van der Waals surface area contributed by atoms with Crippen molar-refractivity contribution in [3.63, 3.8) is 0 Å². The summed E-state index contributed by atoms with van der Waals surface area (Å²) in [4.78, 5) is 15.4. The lowest BCUT2D eigenvalue weighted by atomic mass is 10.0. The summed E-state index contributed by atoms with van der Waals surface area (Å²) in [6.07, 6.45) is 3.90. The quantitative estimate of drug-likeness (QED) is 0.447. The fourth-order valence-electron chi connectivity index (χ4n) is 4.06. The fraction of sp³-hybridized carbons (Fsp3) is 0.304. The highest BCUT2D eigenvalue weighted by Gasteiger charge is 2.25. The van der Waals surface area contributed by atoms with Crippen molar-refractivity contribution in [2.45, 2.75) is 32.0 Å². The van der Waals surface area contributed by atoms with Crippen molar-refractivity contribution in [1.82, 2.24) is 14.8 Å². The van der Waals surface area contributed by atoms with Gasteiger partial charge in [-0.1, -0.05) is 30.3 Å². The van der Waals surface area contributed by atoms with E-state index in [9.17, 15) is 4.79 Å². The number of fused-ring (bicyclic) bond motifs is 1. The normalized spacial score (nSPS) is 14.8. The predicted molar refractivity (Wildman–Crippen MR) is 116 cm³/mol. The Kier molecular flexibility index (Phi) is 5.62. The van der Waals surface area contributed by atoms with Crippen molar-refractivity contribution in [1.29, 1.82) is 5.41 Å². The van der Waals surface area contributed by atoms with Gasteiger partial charge in [-0.2, -0.15) is 0 Å². The summed E-state index contributed by atoms with van der Waals surface area (Å²) in [5, 5.41) is 12.0. The average molecular weight is 390 g/mol. The minimum absolute atomic E-state index is 0.0515. The monoisotopic (exact) mass is 389 g/mol. The van der Waals surface area contributed by atoms with E-state index in [1.54, 1.807) is 0 Å². The number of amides is 1. The molecule has 1 saturated heterocycles. The van der Waals surface area contributed by atoms with Gasteiger partial charge in [0.25, 0.3) is 0 Å². The van der Waals surface area contributed by atoms with Crippen molar-refractivity contribution >= 4 is 22.6 Å². The lowest BCUT2D eigenvalue weighted by Crippen LogP contribution is -2.46. The second-order valence-corrected chi connectivity index (χ2v) is 7.62. The van der Waals surface area contributed by atoms with Gasteiger partial charge in [-0.3, -0.25) is 10.2 Å². The second-order valence-electron chi connectivity index (χ2n) is 7.62. The molecule has 2 heterocycles. The zero-order valence-electron chi connectivity index (χ0n) is 16.5. The van der Waals surface area contributed by atoms with Crippen molar-refractivity contribution < 1.29 is 4.79 Å². The molecule has 1 aromatic heterocycles. The number of carbonyl (C=O) groups excluding carboxylic acids is 1. The number of hydrogen-bond acceptors (Lipinski definition) is 3. The largest absolute Gasteiger partial charge is 0.384 e. The van der Waals surface area contributed by atoms with E-state index >= 15 is 0 Å². The zero-order valence-corrected chi connectivity index (χ0v) is 16.5. The highest BCUT2D eigenvalue weighted by Crippen LogP contribution is 2.20. The number of aromatic nitrogens is 1. The number of hydrogen-bond donors (Lipinski definition) is 3. The number of piperidine rings is 1. The van der Waals surface area contributed by atoms with Crippen LogP contribution in [0.1, 0.15) is 24.0 Å². The molecule has 1 aliphatic rings. The molecule has 0 spiro atoms. The fourth-order valence-corrected chi connectivity index (χ4v) is 4.06. The summed E-state index contributed by atoms with van der Waals surface area (Å²) in [6, 6.07) is 18.1. The van der Waals surface area contributed by atoms with Crippen LogP contribution in [-0.4, -0.2) is 40.3 Å². The summed E-state index contributed by atoms with van der Waals surface area (Å²) in [5.41, 5.74) is 8.43. The maximum absolute atomic E-state index is 13.4. The number of nitrogens with two attached hydrogens (primary N) is 1. The first-order valence-electron chi connectivity index (χ1n) is 10.1. The third-order valence-corrected chi connectivity index (χ3v) is 5.65. The van der Waals surface area contributed by atoms with Crippen LogP contribution in [0, 0.1) is 5.41 Å². The number of nitrogen functional groups attached to an aromatic ring is 1. The van der Waals surface area contributed by atoms with Crippen molar-refractivity contribution in [2.24, 2.45) is 5.73 Å². The maximum atomic E-state index is 13.4. The third-order valence-electron chi connectivity index (χ3n) is 5.65. The molecule has 0 atom stereocenters. The number of benzene rings is 2. The molecule has 4 rings (SSSR count). The first kappa shape index (κ1) is 19.2. The van der Waals surface area contributed by atoms with E-state index in [2.05, 4.69) is 17.4 Å². The van der Waals surface area contributed by atoms with Gasteiger partial charge in [0.2, 0.25) is 5.91 Å². The molecule has 1 aliphatic heterocycles. The Hall–Kier alpha value is -3.12. The predicted octanol–water partition coefficient (Wildman–Crippen LogP) is 2.71. The van der Waals surface area contributed by atoms with Crippen LogP contribution in [0.4, 0.5) is 0 Å². The van der Waals surface area contributed by atoms with Crippen molar-refractivity contribution in [3.05, 3.63) is 71.9 Å². The average Bonchev–Trinajstić information content (AvgIpc) is 3.15. The minimum atomic E-state index is 0.0515. The first-order valence-corrected chi connectivity index (χ1v) is 10.1. The molecule has 0 aliphatic carbocycles. The number of nitrogens with zero attached hydrogens (tertiary/aromatic N) is 2. The number of amidine groups is 1. The number of rotatable bonds is 6. The summed E-state index contributed by atoms with van der Waals surface area (Å²) >= 11 is 0. The molecule has 6 nitrogen and oxygen atoms in total. The lowest BCUT2D eigenvalue weighted by Gasteiger charge is -2.35. The third kappa shape index (κ3) is 4.32. The van der Waals surface area contributed by atoms with Crippen LogP contribution in [0.5, 0.6) is 0 Å². The van der Waals surface area contributed by atoms with Crippen molar-refractivity contribution in [3.8, 4) is 0 Å². The summed E-state index contributed by atoms with van der Waals surface area (Å²) in [5.74, 6) is 0.185. The standard InChI is InChI=1S/C23H27N5O/c24-23(25)19-6-7-21-18(14-19)10-13-27(21)16-22(29)28(20-8-11-26-12-9-20)15-17-4-2-1-3-5-17/h1-7,10,13-14,20,26H,8-9,11-12,15-16H2,(H3,24,25). The summed E-state index contributed by atoms with van der Waals surface area (Å²) < 4.78 is 1.99. The Morgan fingerprint density at radius 1 is 1.14 bits per heavy atom. The van der Waals surface area contributed by atoms with Gasteiger partial charge in [-0.15, -0.1) is 0 Å². The van der Waals surface area contributed by atoms with E-state index in [1.165, 1.54) is 0 Å². The molecular formula is C23H27N5O. The highest BCUT2D eigenvalue weighted by molar-refractivity contribution is 5.98. The Morgan fingerprint density at radius 3 is 2.62 bits per heavy atom. The molecule has 3 aromatic rings. The van der Waals surface area contributed by atoms with Gasteiger partial charge in [0.15, 0.2) is 0 Å². The molecule has 0 radical (unpaired) electrons. The Bertz CT molecular complexity index is 1000. The van der Waals surface area contributed by atoms with Crippen LogP contribution in [0.25, 0.3) is 10.9 Å². The zero-order chi connectivity index (χ0) is 20.2. The van der Waals surface area contributed by atoms with Crippen LogP contribution in [0.2, 0.25) is 0 Å². The molecule has 29 heavy (non-hydrogen) atoms. The van der Waals surface area contributed by atoms with E-state index in [0.717, 1.165) is 42.4 Å². The maximum Gasteiger partial charge on any atom is 0.243 e. The van der Waals surface area contributed by atoms with Gasteiger partial charge in [-0.05, 0) is 55.8 Å². The molecule has 0 unspecified atom stereocenters. The molecule has 4 N–H and O–H groups in total. The van der Waals surface area contributed by atoms with Crippen LogP contribution in [-0.2, 0) is 17.9 Å². The molecule has 1 fully saturated rings. The highest BCUT2D eigenvalue weighted by atomic mass is 16.2. The van der Waals surface area contributed by atoms with Gasteiger partial charge in [-0.25, -0.2) is 0 Å². The Balaban J connectivity index is 1.57. The van der Waals surface area contributed by atoms with Gasteiger partial charge in [0.05, 0.1) is 0 Å². The van der Waals surface area contributed by atoms with Crippen LogP contribution < -0.4 is 11.1 Å². The van der Waals surface area contributed by atoms with E-state index in [0.29, 0.717) is 18.7 Å². The van der Waals surface area contributed by atoms with E-state index in [4.69, 9.17) is 11.1 Å². The van der Waals surface area contributed by atoms with Crippen LogP contribution in [0.15, 0.2) is 60.8 Å². The SMILES string of the molecule is N=C(N)c1ccc2c(ccn2CC(=O)N(Cc2ccccc2)C2CCNCC2)c1. The Morgan fingerprint density at radius 2 is 1.90 bits per heavy atom. The molecule has 6 heteroatoms. The van der Waals surface area contributed by atoms with Gasteiger partial charge < -0.3 is 20.5 Å². The van der Waals surface area contributed by atoms with Crippen LogP contribution >= 0.6 is 0 Å². The molecule has 2 aromatic carbocycles. The van der Waals surface area contributed by atoms with E-state index in [-0.39, 0.29) is 17.8 Å². The first-order chi connectivity index (χ1) is 14.1. The van der Waals surface area contributed by atoms with E-state index in [1.807, 2.05) is 58.1 Å². The Labute approximate surface area is 170 Å². The lowest BCUT2D eigenvalue weighted by molar-refractivity contribution is -0.135. The van der Waals surface area contributed by atoms with Crippen LogP contribution in [0.3, 0.4) is 0 Å². The summed E-state index contributed by atoms with van der Waals surface area (Å²) in [7, 11) is 0. The number of nitrogens with one attached hydrogen (secondary N) is 2.